The lowest BCUT2D eigenvalue weighted by Gasteiger charge is -2.24. The van der Waals surface area contributed by atoms with Crippen LogP contribution in [0.3, 0.4) is 0 Å². The Hall–Kier alpha value is -1.14. The fourth-order valence-corrected chi connectivity index (χ4v) is 1.34. The molecule has 1 amide bonds. The van der Waals surface area contributed by atoms with Crippen molar-refractivity contribution >= 4 is 11.9 Å². The van der Waals surface area contributed by atoms with Crippen molar-refractivity contribution in [3.8, 4) is 0 Å². The molecule has 0 aliphatic heterocycles. The topological polar surface area (TPSA) is 76.7 Å². The first kappa shape index (κ1) is 17.9. The van der Waals surface area contributed by atoms with E-state index in [9.17, 15) is 9.59 Å². The first-order chi connectivity index (χ1) is 8.67. The largest absolute Gasteiger partial charge is 0.459 e. The molecule has 2 unspecified atom stereocenters. The summed E-state index contributed by atoms with van der Waals surface area (Å²) in [6, 6.07) is -1.01. The highest BCUT2D eigenvalue weighted by atomic mass is 16.6. The first-order valence-corrected chi connectivity index (χ1v) is 6.43. The molecular formula is C13H26N2O4. The van der Waals surface area contributed by atoms with Crippen LogP contribution in [-0.2, 0) is 19.1 Å². The minimum absolute atomic E-state index is 0.174. The van der Waals surface area contributed by atoms with Gasteiger partial charge in [-0.15, -0.1) is 0 Å². The summed E-state index contributed by atoms with van der Waals surface area (Å²) < 4.78 is 10.1. The lowest BCUT2D eigenvalue weighted by Crippen LogP contribution is -2.50. The molecule has 6 nitrogen and oxygen atoms in total. The molecule has 0 spiro atoms. The maximum Gasteiger partial charge on any atom is 0.323 e. The van der Waals surface area contributed by atoms with E-state index in [-0.39, 0.29) is 11.9 Å². The van der Waals surface area contributed by atoms with Crippen LogP contribution >= 0.6 is 0 Å². The van der Waals surface area contributed by atoms with Gasteiger partial charge in [0.25, 0.3) is 0 Å². The molecule has 0 heterocycles. The first-order valence-electron chi connectivity index (χ1n) is 6.43. The van der Waals surface area contributed by atoms with Crippen LogP contribution in [-0.4, -0.2) is 49.8 Å². The van der Waals surface area contributed by atoms with E-state index < -0.39 is 17.7 Å². The molecule has 0 aromatic rings. The van der Waals surface area contributed by atoms with Crippen LogP contribution < -0.4 is 10.6 Å². The zero-order valence-corrected chi connectivity index (χ0v) is 12.7. The molecule has 6 heteroatoms. The van der Waals surface area contributed by atoms with Gasteiger partial charge in [-0.05, 0) is 34.6 Å². The molecule has 0 aliphatic carbocycles. The van der Waals surface area contributed by atoms with Crippen LogP contribution in [0.2, 0.25) is 0 Å². The van der Waals surface area contributed by atoms with Gasteiger partial charge in [0.05, 0.1) is 12.6 Å². The van der Waals surface area contributed by atoms with Crippen LogP contribution in [0.5, 0.6) is 0 Å². The molecule has 0 aliphatic rings. The number of esters is 1. The normalized spacial score (nSPS) is 14.6. The molecule has 0 fully saturated rings. The van der Waals surface area contributed by atoms with E-state index in [0.717, 1.165) is 0 Å². The SMILES string of the molecule is COCCNC(=O)C(C)NC(C)C(=O)OC(C)(C)C. The van der Waals surface area contributed by atoms with Gasteiger partial charge in [-0.3, -0.25) is 14.9 Å². The Morgan fingerprint density at radius 2 is 1.74 bits per heavy atom. The fourth-order valence-electron chi connectivity index (χ4n) is 1.34. The summed E-state index contributed by atoms with van der Waals surface area (Å²) in [7, 11) is 1.57. The van der Waals surface area contributed by atoms with Gasteiger partial charge in [-0.1, -0.05) is 0 Å². The maximum atomic E-state index is 11.7. The van der Waals surface area contributed by atoms with Crippen LogP contribution in [0, 0.1) is 0 Å². The Balaban J connectivity index is 4.13. The number of carbonyl (C=O) groups excluding carboxylic acids is 2. The number of hydrogen-bond donors (Lipinski definition) is 2. The maximum absolute atomic E-state index is 11.7. The Labute approximate surface area is 115 Å². The van der Waals surface area contributed by atoms with Crippen molar-refractivity contribution in [2.75, 3.05) is 20.3 Å². The highest BCUT2D eigenvalue weighted by molar-refractivity contribution is 5.83. The third-order valence-corrected chi connectivity index (χ3v) is 2.26. The quantitative estimate of drug-likeness (QED) is 0.521. The van der Waals surface area contributed by atoms with E-state index in [2.05, 4.69) is 10.6 Å². The van der Waals surface area contributed by atoms with Crippen LogP contribution in [0.15, 0.2) is 0 Å². The second-order valence-electron chi connectivity index (χ2n) is 5.43. The molecule has 0 saturated carbocycles. The summed E-state index contributed by atoms with van der Waals surface area (Å²) in [6.45, 7) is 9.69. The van der Waals surface area contributed by atoms with Crippen molar-refractivity contribution in [2.45, 2.75) is 52.3 Å². The molecule has 0 aromatic heterocycles. The third-order valence-electron chi connectivity index (χ3n) is 2.26. The predicted molar refractivity (Wildman–Crippen MR) is 72.8 cm³/mol. The number of carbonyl (C=O) groups is 2. The lowest BCUT2D eigenvalue weighted by molar-refractivity contribution is -0.157. The minimum atomic E-state index is -0.539. The Bertz CT molecular complexity index is 300. The second kappa shape index (κ2) is 8.12. The summed E-state index contributed by atoms with van der Waals surface area (Å²) in [5.74, 6) is -0.545. The number of nitrogens with one attached hydrogen (secondary N) is 2. The number of methoxy groups -OCH3 is 1. The van der Waals surface area contributed by atoms with Crippen molar-refractivity contribution in [2.24, 2.45) is 0 Å². The summed E-state index contributed by atoms with van der Waals surface area (Å²) >= 11 is 0. The number of rotatable bonds is 7. The third kappa shape index (κ3) is 8.56. The summed E-state index contributed by atoms with van der Waals surface area (Å²) in [4.78, 5) is 23.4. The van der Waals surface area contributed by atoms with Gasteiger partial charge in [0.2, 0.25) is 5.91 Å². The monoisotopic (exact) mass is 274 g/mol. The Morgan fingerprint density at radius 1 is 1.16 bits per heavy atom. The number of hydrogen-bond acceptors (Lipinski definition) is 5. The van der Waals surface area contributed by atoms with Gasteiger partial charge in [0, 0.05) is 13.7 Å². The molecule has 112 valence electrons. The standard InChI is InChI=1S/C13H26N2O4/c1-9(11(16)14-7-8-18-6)15-10(2)12(17)19-13(3,4)5/h9-10,15H,7-8H2,1-6H3,(H,14,16). The average Bonchev–Trinajstić information content (AvgIpc) is 2.26. The summed E-state index contributed by atoms with van der Waals surface area (Å²) in [6.07, 6.45) is 0. The van der Waals surface area contributed by atoms with Crippen LogP contribution in [0.1, 0.15) is 34.6 Å². The molecule has 0 aromatic carbocycles. The smallest absolute Gasteiger partial charge is 0.323 e. The van der Waals surface area contributed by atoms with E-state index in [0.29, 0.717) is 13.2 Å². The predicted octanol–water partition coefficient (Wildman–Crippen LogP) is 0.457. The molecular weight excluding hydrogens is 248 g/mol. The van der Waals surface area contributed by atoms with Crippen LogP contribution in [0.25, 0.3) is 0 Å². The minimum Gasteiger partial charge on any atom is -0.459 e. The van der Waals surface area contributed by atoms with Crippen molar-refractivity contribution in [1.29, 1.82) is 0 Å². The van der Waals surface area contributed by atoms with Crippen molar-refractivity contribution in [1.82, 2.24) is 10.6 Å². The highest BCUT2D eigenvalue weighted by Gasteiger charge is 2.24. The van der Waals surface area contributed by atoms with Gasteiger partial charge < -0.3 is 14.8 Å². The highest BCUT2D eigenvalue weighted by Crippen LogP contribution is 2.08. The lowest BCUT2D eigenvalue weighted by atomic mass is 10.2. The molecule has 0 saturated heterocycles. The summed E-state index contributed by atoms with van der Waals surface area (Å²) in [5.41, 5.74) is -0.531. The van der Waals surface area contributed by atoms with E-state index in [1.807, 2.05) is 0 Å². The van der Waals surface area contributed by atoms with Gasteiger partial charge in [0.1, 0.15) is 11.6 Å². The van der Waals surface area contributed by atoms with Crippen molar-refractivity contribution < 1.29 is 19.1 Å². The van der Waals surface area contributed by atoms with Crippen molar-refractivity contribution in [3.05, 3.63) is 0 Å². The molecule has 0 radical (unpaired) electrons. The van der Waals surface area contributed by atoms with Gasteiger partial charge in [-0.25, -0.2) is 0 Å². The Kier molecular flexibility index (Phi) is 7.63. The average molecular weight is 274 g/mol. The molecule has 0 bridgehead atoms. The van der Waals surface area contributed by atoms with E-state index in [1.54, 1.807) is 41.7 Å². The Morgan fingerprint density at radius 3 is 2.21 bits per heavy atom. The number of ether oxygens (including phenoxy) is 2. The van der Waals surface area contributed by atoms with E-state index >= 15 is 0 Å². The van der Waals surface area contributed by atoms with E-state index in [1.165, 1.54) is 0 Å². The molecule has 2 atom stereocenters. The zero-order chi connectivity index (χ0) is 15.1. The zero-order valence-electron chi connectivity index (χ0n) is 12.7. The second-order valence-corrected chi connectivity index (χ2v) is 5.43. The van der Waals surface area contributed by atoms with Gasteiger partial charge in [-0.2, -0.15) is 0 Å². The molecule has 19 heavy (non-hydrogen) atoms. The fraction of sp³-hybridized carbons (Fsp3) is 0.846. The summed E-state index contributed by atoms with van der Waals surface area (Å²) in [5, 5.41) is 5.60. The van der Waals surface area contributed by atoms with Gasteiger partial charge in [0.15, 0.2) is 0 Å². The molecule has 0 rings (SSSR count). The molecule has 2 N–H and O–H groups in total. The van der Waals surface area contributed by atoms with Crippen LogP contribution in [0.4, 0.5) is 0 Å². The van der Waals surface area contributed by atoms with Gasteiger partial charge >= 0.3 is 5.97 Å². The van der Waals surface area contributed by atoms with E-state index in [4.69, 9.17) is 9.47 Å². The van der Waals surface area contributed by atoms with Crippen molar-refractivity contribution in [3.63, 3.8) is 0 Å². The number of amides is 1.